The van der Waals surface area contributed by atoms with Crippen molar-refractivity contribution >= 4 is 22.1 Å². The van der Waals surface area contributed by atoms with Crippen LogP contribution in [-0.4, -0.2) is 10.2 Å². The number of hydrogen-bond donors (Lipinski definition) is 4. The first-order valence-corrected chi connectivity index (χ1v) is 4.51. The predicted octanol–water partition coefficient (Wildman–Crippen LogP) is 1.72. The monoisotopic (exact) mass is 204 g/mol. The highest BCUT2D eigenvalue weighted by molar-refractivity contribution is 5.98. The first-order valence-electron chi connectivity index (χ1n) is 4.51. The summed E-state index contributed by atoms with van der Waals surface area (Å²) in [4.78, 5) is 0. The molecule has 0 amide bonds. The Hall–Kier alpha value is -2.10. The van der Waals surface area contributed by atoms with Gasteiger partial charge < -0.3 is 21.7 Å². The Balaban J connectivity index is 2.98. The van der Waals surface area contributed by atoms with Gasteiger partial charge in [-0.25, -0.2) is 0 Å². The molecule has 0 bridgehead atoms. The molecule has 4 nitrogen and oxygen atoms in total. The van der Waals surface area contributed by atoms with Gasteiger partial charge in [-0.1, -0.05) is 6.07 Å². The van der Waals surface area contributed by atoms with Crippen molar-refractivity contribution in [2.45, 2.75) is 6.92 Å². The van der Waals surface area contributed by atoms with Gasteiger partial charge in [0.25, 0.3) is 0 Å². The van der Waals surface area contributed by atoms with Gasteiger partial charge in [0.2, 0.25) is 0 Å². The average molecular weight is 204 g/mol. The quantitative estimate of drug-likeness (QED) is 0.388. The second-order valence-electron chi connectivity index (χ2n) is 3.54. The molecule has 0 aliphatic rings. The number of aryl methyl sites for hydroxylation is 1. The Morgan fingerprint density at radius 3 is 2.27 bits per heavy atom. The summed E-state index contributed by atoms with van der Waals surface area (Å²) in [6, 6.07) is 4.86. The maximum atomic E-state index is 9.74. The lowest BCUT2D eigenvalue weighted by molar-refractivity contribution is 0.474. The van der Waals surface area contributed by atoms with Crippen molar-refractivity contribution in [1.29, 1.82) is 0 Å². The fraction of sp³-hybridized carbons (Fsp3) is 0.0909. The number of phenolic OH excluding ortho intramolecular Hbond substituents is 2. The van der Waals surface area contributed by atoms with Crippen LogP contribution >= 0.6 is 0 Å². The van der Waals surface area contributed by atoms with E-state index >= 15 is 0 Å². The maximum Gasteiger partial charge on any atom is 0.146 e. The highest BCUT2D eigenvalue weighted by atomic mass is 16.3. The number of benzene rings is 2. The molecule has 0 saturated heterocycles. The molecule has 0 radical (unpaired) electrons. The third-order valence-corrected chi connectivity index (χ3v) is 2.58. The fourth-order valence-corrected chi connectivity index (χ4v) is 1.67. The van der Waals surface area contributed by atoms with E-state index in [-0.39, 0.29) is 17.2 Å². The minimum absolute atomic E-state index is 0.00213. The van der Waals surface area contributed by atoms with Gasteiger partial charge in [0.1, 0.15) is 11.5 Å². The van der Waals surface area contributed by atoms with Crippen molar-refractivity contribution in [2.24, 2.45) is 0 Å². The smallest absolute Gasteiger partial charge is 0.146 e. The second kappa shape index (κ2) is 2.95. The van der Waals surface area contributed by atoms with E-state index in [0.717, 1.165) is 5.39 Å². The average Bonchev–Trinajstić information content (AvgIpc) is 2.21. The molecule has 15 heavy (non-hydrogen) atoms. The van der Waals surface area contributed by atoms with Gasteiger partial charge in [-0.2, -0.15) is 0 Å². The standard InChI is InChI=1S/C11H12N2O2/c1-5-6-2-3-8(12)11(15)7(6)4-9(13)10(5)14/h2-4,14-15H,12-13H2,1H3. The summed E-state index contributed by atoms with van der Waals surface area (Å²) in [6.45, 7) is 1.74. The summed E-state index contributed by atoms with van der Waals surface area (Å²) in [5.41, 5.74) is 12.3. The van der Waals surface area contributed by atoms with Gasteiger partial charge in [-0.15, -0.1) is 0 Å². The largest absolute Gasteiger partial charge is 0.505 e. The normalized spacial score (nSPS) is 10.7. The van der Waals surface area contributed by atoms with Crippen molar-refractivity contribution in [3.63, 3.8) is 0 Å². The molecular weight excluding hydrogens is 192 g/mol. The molecule has 0 heterocycles. The first-order chi connectivity index (χ1) is 7.02. The van der Waals surface area contributed by atoms with Crippen LogP contribution in [0.4, 0.5) is 11.4 Å². The van der Waals surface area contributed by atoms with Gasteiger partial charge in [-0.3, -0.25) is 0 Å². The number of rotatable bonds is 0. The Labute approximate surface area is 86.7 Å². The van der Waals surface area contributed by atoms with E-state index in [4.69, 9.17) is 11.5 Å². The number of anilines is 2. The summed E-state index contributed by atoms with van der Waals surface area (Å²) in [5.74, 6) is 0.0500. The second-order valence-corrected chi connectivity index (χ2v) is 3.54. The van der Waals surface area contributed by atoms with Gasteiger partial charge in [0.15, 0.2) is 0 Å². The molecule has 2 rings (SSSR count). The van der Waals surface area contributed by atoms with Crippen LogP contribution in [0.3, 0.4) is 0 Å². The lowest BCUT2D eigenvalue weighted by Gasteiger charge is -2.10. The first kappa shape index (κ1) is 9.45. The zero-order valence-corrected chi connectivity index (χ0v) is 8.28. The summed E-state index contributed by atoms with van der Waals surface area (Å²) in [6.07, 6.45) is 0. The molecule has 2 aromatic carbocycles. The molecule has 2 aromatic rings. The van der Waals surface area contributed by atoms with Crippen LogP contribution in [0, 0.1) is 6.92 Å². The number of hydrogen-bond acceptors (Lipinski definition) is 4. The van der Waals surface area contributed by atoms with Crippen LogP contribution in [0.1, 0.15) is 5.56 Å². The molecule has 6 N–H and O–H groups in total. The number of aromatic hydroxyl groups is 2. The SMILES string of the molecule is Cc1c(O)c(N)cc2c(O)c(N)ccc12. The minimum atomic E-state index is 0.00213. The Morgan fingerprint density at radius 2 is 1.60 bits per heavy atom. The van der Waals surface area contributed by atoms with E-state index in [1.165, 1.54) is 6.07 Å². The molecule has 4 heteroatoms. The molecular formula is C11H12N2O2. The maximum absolute atomic E-state index is 9.74. The van der Waals surface area contributed by atoms with Crippen molar-refractivity contribution in [1.82, 2.24) is 0 Å². The molecule has 0 atom stereocenters. The number of nitrogens with two attached hydrogens (primary N) is 2. The topological polar surface area (TPSA) is 92.5 Å². The Kier molecular flexibility index (Phi) is 1.86. The summed E-state index contributed by atoms with van der Waals surface area (Å²) in [5, 5.41) is 20.7. The van der Waals surface area contributed by atoms with Crippen molar-refractivity contribution in [3.8, 4) is 11.5 Å². The van der Waals surface area contributed by atoms with E-state index in [9.17, 15) is 10.2 Å². The number of phenols is 2. The summed E-state index contributed by atoms with van der Waals surface area (Å²) < 4.78 is 0. The minimum Gasteiger partial charge on any atom is -0.505 e. The molecule has 78 valence electrons. The van der Waals surface area contributed by atoms with Crippen LogP contribution in [-0.2, 0) is 0 Å². The zero-order valence-electron chi connectivity index (χ0n) is 8.28. The molecule has 0 aromatic heterocycles. The predicted molar refractivity (Wildman–Crippen MR) is 60.8 cm³/mol. The van der Waals surface area contributed by atoms with Gasteiger partial charge >= 0.3 is 0 Å². The summed E-state index contributed by atoms with van der Waals surface area (Å²) >= 11 is 0. The van der Waals surface area contributed by atoms with E-state index < -0.39 is 0 Å². The molecule has 0 aliphatic heterocycles. The van der Waals surface area contributed by atoms with Gasteiger partial charge in [-0.05, 0) is 24.4 Å². The third kappa shape index (κ3) is 1.22. The van der Waals surface area contributed by atoms with E-state index in [1.54, 1.807) is 19.1 Å². The Morgan fingerprint density at radius 1 is 0.933 bits per heavy atom. The lowest BCUT2D eigenvalue weighted by atomic mass is 10.0. The van der Waals surface area contributed by atoms with Crippen LogP contribution in [0.2, 0.25) is 0 Å². The van der Waals surface area contributed by atoms with Gasteiger partial charge in [0.05, 0.1) is 11.4 Å². The van der Waals surface area contributed by atoms with Crippen molar-refractivity contribution in [2.75, 3.05) is 11.5 Å². The summed E-state index contributed by atoms with van der Waals surface area (Å²) in [7, 11) is 0. The highest BCUT2D eigenvalue weighted by Crippen LogP contribution is 2.38. The molecule has 0 saturated carbocycles. The van der Waals surface area contributed by atoms with E-state index in [2.05, 4.69) is 0 Å². The van der Waals surface area contributed by atoms with Crippen LogP contribution < -0.4 is 11.5 Å². The van der Waals surface area contributed by atoms with E-state index in [1.807, 2.05) is 0 Å². The van der Waals surface area contributed by atoms with Crippen molar-refractivity contribution < 1.29 is 10.2 Å². The molecule has 0 unspecified atom stereocenters. The molecule has 0 aliphatic carbocycles. The van der Waals surface area contributed by atoms with Crippen molar-refractivity contribution in [3.05, 3.63) is 23.8 Å². The van der Waals surface area contributed by atoms with Gasteiger partial charge in [0, 0.05) is 10.9 Å². The number of nitrogen functional groups attached to an aromatic ring is 2. The number of fused-ring (bicyclic) bond motifs is 1. The fourth-order valence-electron chi connectivity index (χ4n) is 1.67. The van der Waals surface area contributed by atoms with Crippen LogP contribution in [0.25, 0.3) is 10.8 Å². The molecule has 0 spiro atoms. The van der Waals surface area contributed by atoms with Crippen LogP contribution in [0.5, 0.6) is 11.5 Å². The lowest BCUT2D eigenvalue weighted by Crippen LogP contribution is -1.92. The third-order valence-electron chi connectivity index (χ3n) is 2.58. The van der Waals surface area contributed by atoms with E-state index in [0.29, 0.717) is 16.6 Å². The Bertz CT molecular complexity index is 550. The highest BCUT2D eigenvalue weighted by Gasteiger charge is 2.11. The zero-order chi connectivity index (χ0) is 11.2. The molecule has 0 fully saturated rings. The van der Waals surface area contributed by atoms with Crippen LogP contribution in [0.15, 0.2) is 18.2 Å².